The van der Waals surface area contributed by atoms with E-state index in [0.29, 0.717) is 29.6 Å². The number of H-pyrrole nitrogens is 2. The van der Waals surface area contributed by atoms with Gasteiger partial charge in [0.1, 0.15) is 5.75 Å². The van der Waals surface area contributed by atoms with Crippen molar-refractivity contribution in [1.29, 1.82) is 0 Å². The third-order valence-electron chi connectivity index (χ3n) is 4.76. The topological polar surface area (TPSA) is 93.6 Å². The number of ether oxygens (including phenoxy) is 2. The van der Waals surface area contributed by atoms with Crippen LogP contribution < -0.4 is 4.74 Å². The number of nitrogens with one attached hydrogen (secondary N) is 2. The molecule has 0 aliphatic heterocycles. The molecule has 8 nitrogen and oxygen atoms in total. The van der Waals surface area contributed by atoms with Crippen LogP contribution in [0.3, 0.4) is 0 Å². The Morgan fingerprint density at radius 2 is 2.07 bits per heavy atom. The van der Waals surface area contributed by atoms with E-state index in [9.17, 15) is 8.78 Å². The lowest BCUT2D eigenvalue weighted by Crippen LogP contribution is -2.09. The number of benzene rings is 1. The van der Waals surface area contributed by atoms with Crippen LogP contribution in [0.2, 0.25) is 5.02 Å². The highest BCUT2D eigenvalue weighted by Gasteiger charge is 2.31. The molecule has 0 spiro atoms. The number of aromatic amines is 2. The predicted molar refractivity (Wildman–Crippen MR) is 108 cm³/mol. The zero-order chi connectivity index (χ0) is 21.5. The number of alkyl halides is 2. The lowest BCUT2D eigenvalue weighted by atomic mass is 10.0. The van der Waals surface area contributed by atoms with Crippen LogP contribution in [0.4, 0.5) is 8.78 Å². The summed E-state index contributed by atoms with van der Waals surface area (Å²) in [5, 5.41) is 14.5. The van der Waals surface area contributed by atoms with Crippen molar-refractivity contribution in [2.75, 3.05) is 20.8 Å². The van der Waals surface area contributed by atoms with Crippen molar-refractivity contribution in [3.63, 3.8) is 0 Å². The molecule has 3 heterocycles. The van der Waals surface area contributed by atoms with Crippen molar-refractivity contribution in [3.05, 3.63) is 35.4 Å². The van der Waals surface area contributed by atoms with Gasteiger partial charge in [-0.2, -0.15) is 19.0 Å². The molecule has 0 atom stereocenters. The maximum Gasteiger partial charge on any atom is 0.303 e. The minimum atomic E-state index is -3.16. The van der Waals surface area contributed by atoms with Gasteiger partial charge in [-0.25, -0.2) is 4.98 Å². The fraction of sp³-hybridized carbons (Fsp3) is 0.316. The standard InChI is InChI=1S/C19H19ClF2N6O2/c1-19(21,22)18-25-17(26-27-18)16-15(10-8-23-24-9-10)11-6-14(30-3)12(20)7-13(11)28(16)4-5-29-2/h6-9H,4-5H2,1-3H3,(H,23,24)(H,25,26,27). The first-order valence-corrected chi connectivity index (χ1v) is 9.41. The van der Waals surface area contributed by atoms with Crippen LogP contribution >= 0.6 is 11.6 Å². The van der Waals surface area contributed by atoms with Crippen LogP contribution in [0, 0.1) is 0 Å². The molecule has 0 saturated carbocycles. The Hall–Kier alpha value is -2.98. The maximum absolute atomic E-state index is 13.8. The van der Waals surface area contributed by atoms with Crippen molar-refractivity contribution in [3.8, 4) is 28.4 Å². The highest BCUT2D eigenvalue weighted by Crippen LogP contribution is 2.43. The molecular weight excluding hydrogens is 418 g/mol. The number of fused-ring (bicyclic) bond motifs is 1. The number of hydrogen-bond donors (Lipinski definition) is 2. The molecule has 158 valence electrons. The zero-order valence-corrected chi connectivity index (χ0v) is 17.2. The van der Waals surface area contributed by atoms with Gasteiger partial charge in [0.05, 0.1) is 36.1 Å². The van der Waals surface area contributed by atoms with E-state index in [4.69, 9.17) is 21.1 Å². The Labute approximate surface area is 175 Å². The molecule has 4 aromatic rings. The molecule has 0 saturated heterocycles. The van der Waals surface area contributed by atoms with Gasteiger partial charge in [0, 0.05) is 43.3 Å². The van der Waals surface area contributed by atoms with Crippen molar-refractivity contribution in [1.82, 2.24) is 29.9 Å². The molecule has 0 bridgehead atoms. The van der Waals surface area contributed by atoms with Crippen LogP contribution in [0.1, 0.15) is 12.7 Å². The average molecular weight is 437 g/mol. The van der Waals surface area contributed by atoms with Gasteiger partial charge in [-0.1, -0.05) is 11.6 Å². The third-order valence-corrected chi connectivity index (χ3v) is 5.05. The number of rotatable bonds is 7. The minimum Gasteiger partial charge on any atom is -0.495 e. The monoisotopic (exact) mass is 436 g/mol. The molecule has 11 heteroatoms. The summed E-state index contributed by atoms with van der Waals surface area (Å²) in [7, 11) is 3.11. The van der Waals surface area contributed by atoms with Gasteiger partial charge >= 0.3 is 5.92 Å². The quantitative estimate of drug-likeness (QED) is 0.452. The van der Waals surface area contributed by atoms with E-state index >= 15 is 0 Å². The molecule has 0 radical (unpaired) electrons. The highest BCUT2D eigenvalue weighted by molar-refractivity contribution is 6.33. The molecule has 30 heavy (non-hydrogen) atoms. The average Bonchev–Trinajstić information content (AvgIpc) is 3.43. The largest absolute Gasteiger partial charge is 0.495 e. The summed E-state index contributed by atoms with van der Waals surface area (Å²) in [4.78, 5) is 4.08. The summed E-state index contributed by atoms with van der Waals surface area (Å²) in [6.45, 7) is 1.57. The first-order valence-electron chi connectivity index (χ1n) is 9.04. The van der Waals surface area contributed by atoms with Crippen LogP contribution in [0.15, 0.2) is 24.5 Å². The van der Waals surface area contributed by atoms with E-state index in [1.54, 1.807) is 31.6 Å². The molecule has 0 aliphatic rings. The Morgan fingerprint density at radius 1 is 1.27 bits per heavy atom. The van der Waals surface area contributed by atoms with E-state index in [1.807, 2.05) is 4.57 Å². The van der Waals surface area contributed by atoms with Crippen molar-refractivity contribution >= 4 is 22.5 Å². The Kier molecular flexibility index (Phi) is 5.20. The molecule has 0 unspecified atom stereocenters. The summed E-state index contributed by atoms with van der Waals surface area (Å²) in [5.74, 6) is -3.06. The highest BCUT2D eigenvalue weighted by atomic mass is 35.5. The van der Waals surface area contributed by atoms with E-state index in [2.05, 4.69) is 25.4 Å². The van der Waals surface area contributed by atoms with Gasteiger partial charge in [-0.05, 0) is 12.1 Å². The number of methoxy groups -OCH3 is 2. The fourth-order valence-electron chi connectivity index (χ4n) is 3.40. The Morgan fingerprint density at radius 3 is 2.67 bits per heavy atom. The van der Waals surface area contributed by atoms with Crippen LogP contribution in [0.5, 0.6) is 5.75 Å². The Balaban J connectivity index is 2.08. The second kappa shape index (κ2) is 7.69. The maximum atomic E-state index is 13.8. The van der Waals surface area contributed by atoms with Gasteiger partial charge in [-0.15, -0.1) is 0 Å². The van der Waals surface area contributed by atoms with Gasteiger partial charge in [0.15, 0.2) is 11.6 Å². The fourth-order valence-corrected chi connectivity index (χ4v) is 3.63. The molecule has 1 aromatic carbocycles. The van der Waals surface area contributed by atoms with Crippen molar-refractivity contribution in [2.24, 2.45) is 0 Å². The summed E-state index contributed by atoms with van der Waals surface area (Å²) in [6.07, 6.45) is 3.35. The number of aromatic nitrogens is 6. The smallest absolute Gasteiger partial charge is 0.303 e. The number of hydrogen-bond acceptors (Lipinski definition) is 5. The molecule has 4 rings (SSSR count). The van der Waals surface area contributed by atoms with Gasteiger partial charge < -0.3 is 14.0 Å². The lowest BCUT2D eigenvalue weighted by Gasteiger charge is -2.10. The number of nitrogens with zero attached hydrogens (tertiary/aromatic N) is 4. The SMILES string of the molecule is COCCn1c(-c2n[nH]c(C(C)(F)F)n2)c(-c2cn[nH]c2)c2cc(OC)c(Cl)cc21. The van der Waals surface area contributed by atoms with Gasteiger partial charge in [0.2, 0.25) is 0 Å². The Bertz CT molecular complexity index is 1180. The second-order valence-corrected chi connectivity index (χ2v) is 7.16. The molecule has 2 N–H and O–H groups in total. The van der Waals surface area contributed by atoms with Crippen LogP contribution in [-0.4, -0.2) is 50.8 Å². The van der Waals surface area contributed by atoms with Gasteiger partial charge in [0.25, 0.3) is 0 Å². The number of halogens is 3. The van der Waals surface area contributed by atoms with Crippen molar-refractivity contribution in [2.45, 2.75) is 19.4 Å². The molecule has 0 amide bonds. The molecule has 3 aromatic heterocycles. The first-order chi connectivity index (χ1) is 14.3. The van der Waals surface area contributed by atoms with E-state index in [-0.39, 0.29) is 5.82 Å². The van der Waals surface area contributed by atoms with Crippen LogP contribution in [-0.2, 0) is 17.2 Å². The summed E-state index contributed by atoms with van der Waals surface area (Å²) < 4.78 is 40.1. The lowest BCUT2D eigenvalue weighted by molar-refractivity contribution is 0.00813. The minimum absolute atomic E-state index is 0.130. The van der Waals surface area contributed by atoms with Crippen LogP contribution in [0.25, 0.3) is 33.5 Å². The summed E-state index contributed by atoms with van der Waals surface area (Å²) in [5.41, 5.74) is 2.76. The predicted octanol–water partition coefficient (Wildman–Crippen LogP) is 4.24. The van der Waals surface area contributed by atoms with E-state index in [0.717, 1.165) is 29.0 Å². The molecular formula is C19H19ClF2N6O2. The first kappa shape index (κ1) is 20.3. The van der Waals surface area contributed by atoms with Crippen molar-refractivity contribution < 1.29 is 18.3 Å². The van der Waals surface area contributed by atoms with E-state index in [1.165, 1.54) is 7.11 Å². The summed E-state index contributed by atoms with van der Waals surface area (Å²) >= 11 is 6.38. The zero-order valence-electron chi connectivity index (χ0n) is 16.5. The van der Waals surface area contributed by atoms with Gasteiger partial charge in [-0.3, -0.25) is 10.2 Å². The van der Waals surface area contributed by atoms with E-state index < -0.39 is 11.7 Å². The summed E-state index contributed by atoms with van der Waals surface area (Å²) in [6, 6.07) is 3.56. The normalized spacial score (nSPS) is 12.1. The molecule has 0 fully saturated rings. The molecule has 0 aliphatic carbocycles. The third kappa shape index (κ3) is 3.41. The second-order valence-electron chi connectivity index (χ2n) is 6.75.